The molecule has 0 spiro atoms. The van der Waals surface area contributed by atoms with Crippen LogP contribution in [-0.4, -0.2) is 37.1 Å². The smallest absolute Gasteiger partial charge is 0.124 e. The maximum atomic E-state index is 9.40. The van der Waals surface area contributed by atoms with Gasteiger partial charge in [-0.25, -0.2) is 0 Å². The summed E-state index contributed by atoms with van der Waals surface area (Å²) in [5.41, 5.74) is 3.41. The van der Waals surface area contributed by atoms with Gasteiger partial charge in [-0.3, -0.25) is 0 Å². The van der Waals surface area contributed by atoms with Gasteiger partial charge in [-0.15, -0.1) is 0 Å². The van der Waals surface area contributed by atoms with Crippen LogP contribution in [0.1, 0.15) is 48.5 Å². The monoisotopic (exact) mass is 402 g/mol. The van der Waals surface area contributed by atoms with Crippen molar-refractivity contribution < 1.29 is 19.3 Å². The van der Waals surface area contributed by atoms with E-state index in [1.165, 1.54) is 5.56 Å². The van der Waals surface area contributed by atoms with E-state index in [1.807, 2.05) is 24.3 Å². The van der Waals surface area contributed by atoms with Crippen LogP contribution in [0.25, 0.3) is 0 Å². The highest BCUT2D eigenvalue weighted by Gasteiger charge is 2.23. The summed E-state index contributed by atoms with van der Waals surface area (Å²) in [6, 6.07) is 14.3. The summed E-state index contributed by atoms with van der Waals surface area (Å²) in [6.45, 7) is 1.53. The van der Waals surface area contributed by atoms with E-state index in [0.29, 0.717) is 6.61 Å². The molecule has 0 radical (unpaired) electrons. The molecule has 2 heterocycles. The Hall–Kier alpha value is -1.59. The van der Waals surface area contributed by atoms with Crippen LogP contribution >= 0.6 is 11.6 Å². The molecular weight excluding hydrogens is 376 g/mol. The van der Waals surface area contributed by atoms with E-state index < -0.39 is 0 Å². The topological polar surface area (TPSA) is 47.9 Å². The van der Waals surface area contributed by atoms with Crippen LogP contribution in [0.2, 0.25) is 5.02 Å². The number of aliphatic hydroxyl groups excluding tert-OH is 1. The second-order valence-corrected chi connectivity index (χ2v) is 8.04. The quantitative estimate of drug-likeness (QED) is 0.760. The van der Waals surface area contributed by atoms with Crippen molar-refractivity contribution in [1.29, 1.82) is 0 Å². The number of hydrogen-bond acceptors (Lipinski definition) is 4. The average molecular weight is 403 g/mol. The van der Waals surface area contributed by atoms with Crippen LogP contribution in [0, 0.1) is 0 Å². The molecule has 1 N–H and O–H groups in total. The van der Waals surface area contributed by atoms with Crippen LogP contribution in [0.3, 0.4) is 0 Å². The minimum absolute atomic E-state index is 0.0336. The number of hydrogen-bond donors (Lipinski definition) is 1. The molecule has 0 amide bonds. The van der Waals surface area contributed by atoms with E-state index in [2.05, 4.69) is 18.2 Å². The molecule has 5 heteroatoms. The normalized spacial score (nSPS) is 25.0. The third-order valence-corrected chi connectivity index (χ3v) is 5.87. The Morgan fingerprint density at radius 3 is 2.68 bits per heavy atom. The van der Waals surface area contributed by atoms with Crippen molar-refractivity contribution in [3.63, 3.8) is 0 Å². The second-order valence-electron chi connectivity index (χ2n) is 7.64. The van der Waals surface area contributed by atoms with Crippen LogP contribution in [-0.2, 0) is 15.9 Å². The minimum Gasteiger partial charge on any atom is -0.488 e. The van der Waals surface area contributed by atoms with Crippen molar-refractivity contribution in [3.05, 3.63) is 64.2 Å². The number of aliphatic hydroxyl groups is 1. The molecule has 28 heavy (non-hydrogen) atoms. The molecule has 2 aliphatic heterocycles. The molecule has 2 saturated heterocycles. The molecule has 2 aromatic rings. The number of ether oxygens (including phenoxy) is 3. The lowest BCUT2D eigenvalue weighted by Gasteiger charge is -2.29. The molecule has 3 atom stereocenters. The van der Waals surface area contributed by atoms with Crippen LogP contribution in [0.5, 0.6) is 5.75 Å². The van der Waals surface area contributed by atoms with Crippen molar-refractivity contribution in [3.8, 4) is 5.75 Å². The molecule has 2 unspecified atom stereocenters. The first-order chi connectivity index (χ1) is 13.7. The van der Waals surface area contributed by atoms with Crippen molar-refractivity contribution in [2.24, 2.45) is 0 Å². The summed E-state index contributed by atoms with van der Waals surface area (Å²) in [7, 11) is 0. The number of rotatable bonds is 6. The fourth-order valence-corrected chi connectivity index (χ4v) is 4.10. The van der Waals surface area contributed by atoms with Crippen molar-refractivity contribution in [1.82, 2.24) is 0 Å². The van der Waals surface area contributed by atoms with Crippen LogP contribution in [0.4, 0.5) is 0 Å². The summed E-state index contributed by atoms with van der Waals surface area (Å²) in [4.78, 5) is 0. The van der Waals surface area contributed by atoms with Gasteiger partial charge in [-0.1, -0.05) is 35.9 Å². The maximum Gasteiger partial charge on any atom is 0.124 e. The largest absolute Gasteiger partial charge is 0.488 e. The average Bonchev–Trinajstić information content (AvgIpc) is 3.24. The van der Waals surface area contributed by atoms with Crippen LogP contribution < -0.4 is 4.74 Å². The highest BCUT2D eigenvalue weighted by atomic mass is 35.5. The Bertz CT molecular complexity index is 771. The van der Waals surface area contributed by atoms with Gasteiger partial charge in [0.1, 0.15) is 11.9 Å². The molecular formula is C23H27ClO4. The van der Waals surface area contributed by atoms with Gasteiger partial charge in [0, 0.05) is 11.4 Å². The first kappa shape index (κ1) is 19.7. The molecule has 2 aliphatic rings. The lowest BCUT2D eigenvalue weighted by atomic mass is 9.95. The van der Waals surface area contributed by atoms with Gasteiger partial charge in [0.05, 0.1) is 32.0 Å². The third-order valence-electron chi connectivity index (χ3n) is 5.50. The van der Waals surface area contributed by atoms with Gasteiger partial charge in [-0.2, -0.15) is 0 Å². The summed E-state index contributed by atoms with van der Waals surface area (Å²) in [5, 5.41) is 10.2. The molecule has 4 nitrogen and oxygen atoms in total. The summed E-state index contributed by atoms with van der Waals surface area (Å²) >= 11 is 6.47. The SMILES string of the molecule is OCC1CCCC(c2ccc(Cl)c(Cc3ccc(O[C@H]4CCOC4)cc3)c2)O1. The Balaban J connectivity index is 1.43. The standard InChI is InChI=1S/C23H27ClO4/c24-22-9-6-17(23-3-1-2-20(14-25)28-23)13-18(22)12-16-4-7-19(8-5-16)27-21-10-11-26-15-21/h4-9,13,20-21,23,25H,1-3,10-12,14-15H2/t20?,21-,23?/m0/s1. The minimum atomic E-state index is -0.0595. The lowest BCUT2D eigenvalue weighted by Crippen LogP contribution is -2.25. The van der Waals surface area contributed by atoms with E-state index in [9.17, 15) is 5.11 Å². The predicted molar refractivity (Wildman–Crippen MR) is 109 cm³/mol. The Morgan fingerprint density at radius 2 is 1.93 bits per heavy atom. The van der Waals surface area contributed by atoms with E-state index in [4.69, 9.17) is 25.8 Å². The molecule has 0 aromatic heterocycles. The van der Waals surface area contributed by atoms with Gasteiger partial charge < -0.3 is 19.3 Å². The molecule has 2 aromatic carbocycles. The lowest BCUT2D eigenvalue weighted by molar-refractivity contribution is -0.0737. The predicted octanol–water partition coefficient (Wildman–Crippen LogP) is 4.70. The van der Waals surface area contributed by atoms with Gasteiger partial charge >= 0.3 is 0 Å². The first-order valence-electron chi connectivity index (χ1n) is 10.1. The second kappa shape index (κ2) is 9.27. The Morgan fingerprint density at radius 1 is 1.07 bits per heavy atom. The molecule has 150 valence electrons. The fraction of sp³-hybridized carbons (Fsp3) is 0.478. The van der Waals surface area contributed by atoms with Gasteiger partial charge in [-0.05, 0) is 60.6 Å². The van der Waals surface area contributed by atoms with E-state index in [1.54, 1.807) is 0 Å². The zero-order valence-electron chi connectivity index (χ0n) is 16.0. The zero-order valence-corrected chi connectivity index (χ0v) is 16.7. The van der Waals surface area contributed by atoms with E-state index in [0.717, 1.165) is 60.6 Å². The van der Waals surface area contributed by atoms with Gasteiger partial charge in [0.25, 0.3) is 0 Å². The Kier molecular flexibility index (Phi) is 6.53. The van der Waals surface area contributed by atoms with Gasteiger partial charge in [0.15, 0.2) is 0 Å². The van der Waals surface area contributed by atoms with Gasteiger partial charge in [0.2, 0.25) is 0 Å². The summed E-state index contributed by atoms with van der Waals surface area (Å²) < 4.78 is 17.3. The molecule has 4 rings (SSSR count). The number of halogens is 1. The zero-order chi connectivity index (χ0) is 19.3. The third kappa shape index (κ3) is 4.87. The van der Waals surface area contributed by atoms with Crippen molar-refractivity contribution in [2.45, 2.75) is 50.4 Å². The van der Waals surface area contributed by atoms with Crippen molar-refractivity contribution in [2.75, 3.05) is 19.8 Å². The van der Waals surface area contributed by atoms with Crippen molar-refractivity contribution >= 4 is 11.6 Å². The summed E-state index contributed by atoms with van der Waals surface area (Å²) in [5.74, 6) is 0.879. The summed E-state index contributed by atoms with van der Waals surface area (Å²) in [6.07, 6.45) is 4.82. The Labute approximate surface area is 171 Å². The maximum absolute atomic E-state index is 9.40. The van der Waals surface area contributed by atoms with E-state index in [-0.39, 0.29) is 24.9 Å². The highest BCUT2D eigenvalue weighted by molar-refractivity contribution is 6.31. The molecule has 0 saturated carbocycles. The number of benzene rings is 2. The molecule has 0 aliphatic carbocycles. The van der Waals surface area contributed by atoms with E-state index >= 15 is 0 Å². The van der Waals surface area contributed by atoms with Crippen LogP contribution in [0.15, 0.2) is 42.5 Å². The molecule has 2 fully saturated rings. The fourth-order valence-electron chi connectivity index (χ4n) is 3.91. The molecule has 0 bridgehead atoms. The first-order valence-corrected chi connectivity index (χ1v) is 10.5. The highest BCUT2D eigenvalue weighted by Crippen LogP contribution is 2.33.